The number of aromatic nitrogens is 3. The number of ether oxygens (including phenoxy) is 2. The zero-order valence-corrected chi connectivity index (χ0v) is 15.4. The molecule has 7 nitrogen and oxygen atoms in total. The van der Waals surface area contributed by atoms with Crippen molar-refractivity contribution < 1.29 is 14.3 Å². The van der Waals surface area contributed by atoms with Crippen LogP contribution in [0.2, 0.25) is 0 Å². The molecule has 3 aromatic rings. The summed E-state index contributed by atoms with van der Waals surface area (Å²) in [7, 11) is 3.19. The molecule has 0 fully saturated rings. The van der Waals surface area contributed by atoms with Gasteiger partial charge in [-0.2, -0.15) is 5.10 Å². The first-order valence-electron chi connectivity index (χ1n) is 8.49. The predicted molar refractivity (Wildman–Crippen MR) is 98.8 cm³/mol. The molecule has 136 valence electrons. The van der Waals surface area contributed by atoms with Crippen LogP contribution in [0.3, 0.4) is 0 Å². The number of amides is 1. The summed E-state index contributed by atoms with van der Waals surface area (Å²) in [6.45, 7) is 5.19. The Morgan fingerprint density at radius 2 is 1.85 bits per heavy atom. The normalized spacial score (nSPS) is 10.8. The van der Waals surface area contributed by atoms with Crippen molar-refractivity contribution in [3.05, 3.63) is 42.2 Å². The Bertz CT molecular complexity index is 932. The fourth-order valence-electron chi connectivity index (χ4n) is 2.94. The van der Waals surface area contributed by atoms with Crippen LogP contribution >= 0.6 is 0 Å². The highest BCUT2D eigenvalue weighted by atomic mass is 16.5. The van der Waals surface area contributed by atoms with Crippen molar-refractivity contribution in [3.63, 3.8) is 0 Å². The Morgan fingerprint density at radius 3 is 2.50 bits per heavy atom. The van der Waals surface area contributed by atoms with Gasteiger partial charge in [0, 0.05) is 24.8 Å². The molecule has 0 atom stereocenters. The fraction of sp³-hybridized carbons (Fsp3) is 0.316. The molecule has 0 aliphatic carbocycles. The lowest BCUT2D eigenvalue weighted by Crippen LogP contribution is -2.30. The minimum Gasteiger partial charge on any atom is -0.493 e. The highest BCUT2D eigenvalue weighted by Gasteiger charge is 2.20. The maximum atomic E-state index is 12.7. The molecule has 2 aromatic heterocycles. The number of hydrogen-bond donors (Lipinski definition) is 0. The van der Waals surface area contributed by atoms with E-state index in [0.717, 1.165) is 11.3 Å². The summed E-state index contributed by atoms with van der Waals surface area (Å²) in [5.74, 6) is 1.21. The van der Waals surface area contributed by atoms with Gasteiger partial charge in [0.1, 0.15) is 5.56 Å². The molecule has 0 saturated heterocycles. The molecule has 0 spiro atoms. The Morgan fingerprint density at radius 1 is 1.12 bits per heavy atom. The third kappa shape index (κ3) is 2.96. The van der Waals surface area contributed by atoms with Gasteiger partial charge in [0.15, 0.2) is 17.1 Å². The van der Waals surface area contributed by atoms with Crippen molar-refractivity contribution in [1.29, 1.82) is 0 Å². The molecule has 7 heteroatoms. The van der Waals surface area contributed by atoms with E-state index >= 15 is 0 Å². The molecule has 2 heterocycles. The molecule has 26 heavy (non-hydrogen) atoms. The summed E-state index contributed by atoms with van der Waals surface area (Å²) in [6.07, 6.45) is 3.26. The maximum Gasteiger partial charge on any atom is 0.259 e. The average molecular weight is 354 g/mol. The van der Waals surface area contributed by atoms with Crippen LogP contribution in [0.1, 0.15) is 24.2 Å². The minimum atomic E-state index is -0.0676. The van der Waals surface area contributed by atoms with Crippen LogP contribution < -0.4 is 9.47 Å². The van der Waals surface area contributed by atoms with E-state index in [9.17, 15) is 4.79 Å². The van der Waals surface area contributed by atoms with E-state index in [1.54, 1.807) is 36.0 Å². The van der Waals surface area contributed by atoms with Crippen molar-refractivity contribution in [2.24, 2.45) is 0 Å². The van der Waals surface area contributed by atoms with E-state index in [1.807, 2.05) is 38.1 Å². The SMILES string of the molecule is CCN(CC)C(=O)c1cnn2c(-c3ccc(OC)c(OC)c3)ccnc12. The van der Waals surface area contributed by atoms with Gasteiger partial charge < -0.3 is 14.4 Å². The predicted octanol–water partition coefficient (Wildman–Crippen LogP) is 2.90. The Labute approximate surface area is 152 Å². The monoisotopic (exact) mass is 354 g/mol. The first kappa shape index (κ1) is 17.7. The van der Waals surface area contributed by atoms with Crippen LogP contribution in [0, 0.1) is 0 Å². The van der Waals surface area contributed by atoms with Gasteiger partial charge in [-0.3, -0.25) is 4.79 Å². The van der Waals surface area contributed by atoms with Crippen LogP contribution in [-0.4, -0.2) is 52.7 Å². The minimum absolute atomic E-state index is 0.0676. The van der Waals surface area contributed by atoms with E-state index in [2.05, 4.69) is 10.1 Å². The quantitative estimate of drug-likeness (QED) is 0.681. The van der Waals surface area contributed by atoms with Gasteiger partial charge >= 0.3 is 0 Å². The second kappa shape index (κ2) is 7.43. The lowest BCUT2D eigenvalue weighted by atomic mass is 10.1. The van der Waals surface area contributed by atoms with Crippen molar-refractivity contribution in [2.75, 3.05) is 27.3 Å². The second-order valence-electron chi connectivity index (χ2n) is 5.67. The summed E-state index contributed by atoms with van der Waals surface area (Å²) in [6, 6.07) is 7.49. The molecule has 0 bridgehead atoms. The van der Waals surface area contributed by atoms with Crippen LogP contribution in [0.5, 0.6) is 11.5 Å². The zero-order valence-electron chi connectivity index (χ0n) is 15.4. The number of carbonyl (C=O) groups is 1. The van der Waals surface area contributed by atoms with Crippen LogP contribution in [0.4, 0.5) is 0 Å². The van der Waals surface area contributed by atoms with Gasteiger partial charge in [-0.05, 0) is 38.1 Å². The number of methoxy groups -OCH3 is 2. The number of hydrogen-bond acceptors (Lipinski definition) is 5. The first-order valence-corrected chi connectivity index (χ1v) is 8.49. The van der Waals surface area contributed by atoms with Crippen LogP contribution in [0.25, 0.3) is 16.9 Å². The standard InChI is InChI=1S/C19H22N4O3/c1-5-22(6-2)19(24)14-12-21-23-15(9-10-20-18(14)23)13-7-8-16(25-3)17(11-13)26-4/h7-12H,5-6H2,1-4H3. The highest BCUT2D eigenvalue weighted by Crippen LogP contribution is 2.32. The number of nitrogens with zero attached hydrogens (tertiary/aromatic N) is 4. The van der Waals surface area contributed by atoms with Crippen molar-refractivity contribution in [2.45, 2.75) is 13.8 Å². The van der Waals surface area contributed by atoms with Gasteiger partial charge in [-0.15, -0.1) is 0 Å². The molecule has 0 N–H and O–H groups in total. The summed E-state index contributed by atoms with van der Waals surface area (Å²) in [5.41, 5.74) is 2.74. The molecule has 1 amide bonds. The summed E-state index contributed by atoms with van der Waals surface area (Å²) < 4.78 is 12.4. The van der Waals surface area contributed by atoms with E-state index in [-0.39, 0.29) is 5.91 Å². The van der Waals surface area contributed by atoms with E-state index < -0.39 is 0 Å². The first-order chi connectivity index (χ1) is 12.6. The second-order valence-corrected chi connectivity index (χ2v) is 5.67. The summed E-state index contributed by atoms with van der Waals surface area (Å²) in [4.78, 5) is 18.8. The van der Waals surface area contributed by atoms with Gasteiger partial charge in [-0.1, -0.05) is 0 Å². The number of benzene rings is 1. The number of carbonyl (C=O) groups excluding carboxylic acids is 1. The lowest BCUT2D eigenvalue weighted by Gasteiger charge is -2.17. The maximum absolute atomic E-state index is 12.7. The molecule has 1 aromatic carbocycles. The zero-order chi connectivity index (χ0) is 18.7. The molecule has 0 aliphatic heterocycles. The van der Waals surface area contributed by atoms with Gasteiger partial charge in [0.25, 0.3) is 5.91 Å². The Balaban J connectivity index is 2.11. The van der Waals surface area contributed by atoms with Gasteiger partial charge in [0.2, 0.25) is 0 Å². The van der Waals surface area contributed by atoms with Crippen molar-refractivity contribution >= 4 is 11.6 Å². The number of rotatable bonds is 6. The average Bonchev–Trinajstić information content (AvgIpc) is 3.12. The fourth-order valence-corrected chi connectivity index (χ4v) is 2.94. The molecular weight excluding hydrogens is 332 g/mol. The highest BCUT2D eigenvalue weighted by molar-refractivity contribution is 5.99. The lowest BCUT2D eigenvalue weighted by molar-refractivity contribution is 0.0774. The molecule has 0 radical (unpaired) electrons. The molecular formula is C19H22N4O3. The largest absolute Gasteiger partial charge is 0.493 e. The Hall–Kier alpha value is -3.09. The van der Waals surface area contributed by atoms with Crippen molar-refractivity contribution in [3.8, 4) is 22.8 Å². The van der Waals surface area contributed by atoms with Crippen molar-refractivity contribution in [1.82, 2.24) is 19.5 Å². The molecule has 0 aliphatic rings. The topological polar surface area (TPSA) is 69.0 Å². The van der Waals surface area contributed by atoms with E-state index in [0.29, 0.717) is 35.8 Å². The van der Waals surface area contributed by atoms with E-state index in [4.69, 9.17) is 9.47 Å². The molecule has 3 rings (SSSR count). The third-order valence-corrected chi connectivity index (χ3v) is 4.36. The third-order valence-electron chi connectivity index (χ3n) is 4.36. The molecule has 0 unspecified atom stereocenters. The Kier molecular flexibility index (Phi) is 5.06. The molecule has 0 saturated carbocycles. The summed E-state index contributed by atoms with van der Waals surface area (Å²) in [5, 5.41) is 4.40. The smallest absolute Gasteiger partial charge is 0.259 e. The van der Waals surface area contributed by atoms with Crippen LogP contribution in [-0.2, 0) is 0 Å². The van der Waals surface area contributed by atoms with Gasteiger partial charge in [0.05, 0.1) is 26.1 Å². The number of fused-ring (bicyclic) bond motifs is 1. The van der Waals surface area contributed by atoms with E-state index in [1.165, 1.54) is 0 Å². The van der Waals surface area contributed by atoms with Crippen LogP contribution in [0.15, 0.2) is 36.7 Å². The van der Waals surface area contributed by atoms with Gasteiger partial charge in [-0.25, -0.2) is 9.50 Å². The summed E-state index contributed by atoms with van der Waals surface area (Å²) >= 11 is 0.